The van der Waals surface area contributed by atoms with Crippen molar-refractivity contribution in [3.05, 3.63) is 12.7 Å². The molecule has 0 aromatic carbocycles. The minimum Gasteiger partial charge on any atom is -0.356 e. The molecule has 0 bridgehead atoms. The van der Waals surface area contributed by atoms with E-state index in [1.54, 1.807) is 18.0 Å². The summed E-state index contributed by atoms with van der Waals surface area (Å²) in [5.41, 5.74) is 0. The lowest BCUT2D eigenvalue weighted by Gasteiger charge is -2.15. The van der Waals surface area contributed by atoms with Crippen LogP contribution >= 0.6 is 0 Å². The van der Waals surface area contributed by atoms with E-state index in [2.05, 4.69) is 6.58 Å². The molecule has 0 aliphatic carbocycles. The molecule has 52 valence electrons. The van der Waals surface area contributed by atoms with Crippen molar-refractivity contribution in [1.82, 2.24) is 4.90 Å². The van der Waals surface area contributed by atoms with Crippen molar-refractivity contribution in [3.8, 4) is 0 Å². The first kappa shape index (κ1) is 6.74. The van der Waals surface area contributed by atoms with Crippen molar-refractivity contribution in [2.24, 2.45) is 0 Å². The number of ether oxygens (including phenoxy) is 1. The van der Waals surface area contributed by atoms with Crippen LogP contribution in [0.25, 0.3) is 0 Å². The summed E-state index contributed by atoms with van der Waals surface area (Å²) in [5, 5.41) is 8.96. The van der Waals surface area contributed by atoms with Crippen molar-refractivity contribution < 1.29 is 9.84 Å². The lowest BCUT2D eigenvalue weighted by atomic mass is 10.3. The molecule has 2 atom stereocenters. The van der Waals surface area contributed by atoms with Gasteiger partial charge >= 0.3 is 0 Å². The molecule has 1 rings (SSSR count). The number of rotatable bonds is 1. The van der Waals surface area contributed by atoms with Crippen LogP contribution in [-0.4, -0.2) is 36.1 Å². The first-order valence-electron chi connectivity index (χ1n) is 2.90. The third kappa shape index (κ3) is 1.13. The van der Waals surface area contributed by atoms with Crippen LogP contribution in [-0.2, 0) is 4.74 Å². The van der Waals surface area contributed by atoms with E-state index >= 15 is 0 Å². The number of aliphatic hydroxyl groups excluding tert-OH is 1. The second-order valence-corrected chi connectivity index (χ2v) is 2.13. The van der Waals surface area contributed by atoms with Gasteiger partial charge in [-0.05, 0) is 7.05 Å². The number of likely N-dealkylation sites (N-methyl/N-ethyl adjacent to an activating group) is 1. The molecule has 0 aromatic heterocycles. The fourth-order valence-corrected chi connectivity index (χ4v) is 0.818. The lowest BCUT2D eigenvalue weighted by molar-refractivity contribution is -0.126. The maximum Gasteiger partial charge on any atom is 0.216 e. The van der Waals surface area contributed by atoms with Gasteiger partial charge in [-0.15, -0.1) is 6.58 Å². The first-order chi connectivity index (χ1) is 4.25. The molecule has 0 saturated carbocycles. The molecule has 2 unspecified atom stereocenters. The van der Waals surface area contributed by atoms with Crippen LogP contribution < -0.4 is 0 Å². The van der Waals surface area contributed by atoms with E-state index in [1.165, 1.54) is 0 Å². The number of hydrogen-bond acceptors (Lipinski definition) is 3. The third-order valence-electron chi connectivity index (χ3n) is 1.56. The van der Waals surface area contributed by atoms with E-state index < -0.39 is 6.41 Å². The summed E-state index contributed by atoms with van der Waals surface area (Å²) in [6.07, 6.45) is 1.02. The molecule has 1 aliphatic heterocycles. The third-order valence-corrected chi connectivity index (χ3v) is 1.56. The van der Waals surface area contributed by atoms with Crippen molar-refractivity contribution in [3.63, 3.8) is 0 Å². The number of nitrogens with zero attached hydrogens (tertiary/aromatic N) is 1. The summed E-state index contributed by atoms with van der Waals surface area (Å²) in [7, 11) is 1.80. The molecule has 3 nitrogen and oxygen atoms in total. The molecule has 0 aromatic rings. The zero-order chi connectivity index (χ0) is 6.85. The van der Waals surface area contributed by atoms with Crippen LogP contribution in [0.2, 0.25) is 0 Å². The monoisotopic (exact) mass is 129 g/mol. The van der Waals surface area contributed by atoms with Crippen molar-refractivity contribution in [1.29, 1.82) is 0 Å². The highest BCUT2D eigenvalue weighted by molar-refractivity contribution is 4.89. The Morgan fingerprint density at radius 3 is 2.78 bits per heavy atom. The summed E-state index contributed by atoms with van der Waals surface area (Å²) < 4.78 is 4.88. The fraction of sp³-hybridized carbons (Fsp3) is 0.667. The minimum atomic E-state index is -0.743. The molecule has 1 saturated heterocycles. The highest BCUT2D eigenvalue weighted by Crippen LogP contribution is 2.11. The van der Waals surface area contributed by atoms with Crippen LogP contribution in [0, 0.1) is 0 Å². The molecule has 1 heterocycles. The Hall–Kier alpha value is -0.380. The number of aliphatic hydroxyl groups is 1. The van der Waals surface area contributed by atoms with Crippen LogP contribution in [0.5, 0.6) is 0 Å². The van der Waals surface area contributed by atoms with E-state index in [4.69, 9.17) is 9.84 Å². The van der Waals surface area contributed by atoms with E-state index in [0.29, 0.717) is 6.61 Å². The summed E-state index contributed by atoms with van der Waals surface area (Å²) >= 11 is 0. The first-order valence-corrected chi connectivity index (χ1v) is 2.90. The standard InChI is InChI=1S/C6H11NO2/c1-3-5-4-9-6(8)7(5)2/h3,5-6,8H,1,4H2,2H3. The van der Waals surface area contributed by atoms with Crippen molar-refractivity contribution in [2.45, 2.75) is 12.5 Å². The average Bonchev–Trinajstić information content (AvgIpc) is 2.15. The fourth-order valence-electron chi connectivity index (χ4n) is 0.818. The van der Waals surface area contributed by atoms with Gasteiger partial charge in [0.05, 0.1) is 12.6 Å². The Morgan fingerprint density at radius 1 is 1.89 bits per heavy atom. The Balaban J connectivity index is 2.50. The Kier molecular flexibility index (Phi) is 1.85. The van der Waals surface area contributed by atoms with E-state index in [9.17, 15) is 0 Å². The molecule has 0 radical (unpaired) electrons. The largest absolute Gasteiger partial charge is 0.356 e. The van der Waals surface area contributed by atoms with Gasteiger partial charge in [-0.25, -0.2) is 4.90 Å². The maximum absolute atomic E-state index is 8.96. The Morgan fingerprint density at radius 2 is 2.56 bits per heavy atom. The normalized spacial score (nSPS) is 37.1. The van der Waals surface area contributed by atoms with Crippen LogP contribution in [0.4, 0.5) is 0 Å². The second kappa shape index (κ2) is 2.47. The van der Waals surface area contributed by atoms with Gasteiger partial charge in [0.1, 0.15) is 0 Å². The Bertz CT molecular complexity index is 116. The maximum atomic E-state index is 8.96. The SMILES string of the molecule is C=CC1COC(O)N1C. The Labute approximate surface area is 54.5 Å². The molecule has 1 fully saturated rings. The topological polar surface area (TPSA) is 32.7 Å². The quantitative estimate of drug-likeness (QED) is 0.497. The van der Waals surface area contributed by atoms with Crippen molar-refractivity contribution >= 4 is 0 Å². The molecule has 0 amide bonds. The summed E-state index contributed by atoms with van der Waals surface area (Å²) in [5.74, 6) is 0. The van der Waals surface area contributed by atoms with E-state index in [1.807, 2.05) is 0 Å². The predicted molar refractivity (Wildman–Crippen MR) is 33.7 cm³/mol. The minimum absolute atomic E-state index is 0.167. The van der Waals surface area contributed by atoms with Gasteiger partial charge in [-0.1, -0.05) is 6.08 Å². The van der Waals surface area contributed by atoms with Crippen molar-refractivity contribution in [2.75, 3.05) is 13.7 Å². The van der Waals surface area contributed by atoms with Crippen LogP contribution in [0.1, 0.15) is 0 Å². The highest BCUT2D eigenvalue weighted by Gasteiger charge is 2.26. The molecule has 0 spiro atoms. The smallest absolute Gasteiger partial charge is 0.216 e. The van der Waals surface area contributed by atoms with Gasteiger partial charge in [-0.3, -0.25) is 0 Å². The van der Waals surface area contributed by atoms with Gasteiger partial charge in [0.2, 0.25) is 6.41 Å². The van der Waals surface area contributed by atoms with Gasteiger partial charge in [0.15, 0.2) is 0 Å². The van der Waals surface area contributed by atoms with Crippen LogP contribution in [0.3, 0.4) is 0 Å². The summed E-state index contributed by atoms with van der Waals surface area (Å²) in [4.78, 5) is 1.72. The zero-order valence-corrected chi connectivity index (χ0v) is 5.45. The molecule has 9 heavy (non-hydrogen) atoms. The lowest BCUT2D eigenvalue weighted by Crippen LogP contribution is -2.31. The molecular formula is C6H11NO2. The molecule has 1 aliphatic rings. The highest BCUT2D eigenvalue weighted by atomic mass is 16.6. The number of hydrogen-bond donors (Lipinski definition) is 1. The zero-order valence-electron chi connectivity index (χ0n) is 5.45. The summed E-state index contributed by atoms with van der Waals surface area (Å²) in [6, 6.07) is 0.167. The van der Waals surface area contributed by atoms with E-state index in [0.717, 1.165) is 0 Å². The average molecular weight is 129 g/mol. The summed E-state index contributed by atoms with van der Waals surface area (Å²) in [6.45, 7) is 4.14. The molecule has 3 heteroatoms. The van der Waals surface area contributed by atoms with Gasteiger partial charge < -0.3 is 9.84 Å². The second-order valence-electron chi connectivity index (χ2n) is 2.13. The van der Waals surface area contributed by atoms with Gasteiger partial charge in [0, 0.05) is 0 Å². The van der Waals surface area contributed by atoms with Gasteiger partial charge in [0.25, 0.3) is 0 Å². The molecular weight excluding hydrogens is 118 g/mol. The predicted octanol–water partition coefficient (Wildman–Crippen LogP) is -0.221. The van der Waals surface area contributed by atoms with E-state index in [-0.39, 0.29) is 6.04 Å². The van der Waals surface area contributed by atoms with Crippen LogP contribution in [0.15, 0.2) is 12.7 Å². The molecule has 1 N–H and O–H groups in total. The van der Waals surface area contributed by atoms with Gasteiger partial charge in [-0.2, -0.15) is 0 Å².